The van der Waals surface area contributed by atoms with Gasteiger partial charge in [0, 0.05) is 18.0 Å². The molecule has 0 aliphatic heterocycles. The van der Waals surface area contributed by atoms with Crippen LogP contribution in [0.5, 0.6) is 11.5 Å². The molecular formula is C14H14N2O3S. The maximum Gasteiger partial charge on any atom is 0.193 e. The zero-order chi connectivity index (χ0) is 14.5. The van der Waals surface area contributed by atoms with E-state index in [1.165, 1.54) is 0 Å². The average molecular weight is 290 g/mol. The standard InChI is InChI=1S/C14H14N2O3S/c1-18-11-4-3-9(5-12(11)19-2)10-7-15-13(16-8-10)6-14(17)20/h3-5,7-8H,6H2,1-2H3,(H,17,20). The first-order valence-corrected chi connectivity index (χ1v) is 6.34. The van der Waals surface area contributed by atoms with E-state index < -0.39 is 0 Å². The Morgan fingerprint density at radius 1 is 1.10 bits per heavy atom. The molecule has 0 fully saturated rings. The fourth-order valence-electron chi connectivity index (χ4n) is 1.75. The molecule has 5 nitrogen and oxygen atoms in total. The molecule has 0 saturated heterocycles. The molecule has 20 heavy (non-hydrogen) atoms. The highest BCUT2D eigenvalue weighted by Crippen LogP contribution is 2.31. The zero-order valence-corrected chi connectivity index (χ0v) is 12.1. The molecule has 104 valence electrons. The summed E-state index contributed by atoms with van der Waals surface area (Å²) in [5.41, 5.74) is 1.74. The molecule has 6 heteroatoms. The number of hydrogen-bond acceptors (Lipinski definition) is 5. The van der Waals surface area contributed by atoms with Crippen LogP contribution in [0, 0.1) is 0 Å². The summed E-state index contributed by atoms with van der Waals surface area (Å²) in [5.74, 6) is 1.75. The van der Waals surface area contributed by atoms with E-state index in [-0.39, 0.29) is 11.5 Å². The maximum absolute atomic E-state index is 10.9. The summed E-state index contributed by atoms with van der Waals surface area (Å²) in [5, 5.41) is -0.260. The van der Waals surface area contributed by atoms with E-state index in [0.29, 0.717) is 17.3 Å². The predicted octanol–water partition coefficient (Wildman–Crippen LogP) is 2.16. The minimum Gasteiger partial charge on any atom is -0.493 e. The van der Waals surface area contributed by atoms with Gasteiger partial charge in [-0.3, -0.25) is 4.79 Å². The van der Waals surface area contributed by atoms with Crippen molar-refractivity contribution < 1.29 is 14.3 Å². The van der Waals surface area contributed by atoms with Crippen molar-refractivity contribution in [2.75, 3.05) is 14.2 Å². The SMILES string of the molecule is COc1ccc(-c2cnc(CC(=O)S)nc2)cc1OC. The summed E-state index contributed by atoms with van der Waals surface area (Å²) in [7, 11) is 3.17. The van der Waals surface area contributed by atoms with E-state index in [9.17, 15) is 4.79 Å². The molecular weight excluding hydrogens is 276 g/mol. The van der Waals surface area contributed by atoms with Crippen molar-refractivity contribution >= 4 is 17.7 Å². The number of benzene rings is 1. The van der Waals surface area contributed by atoms with Crippen molar-refractivity contribution in [3.8, 4) is 22.6 Å². The van der Waals surface area contributed by atoms with Gasteiger partial charge in [-0.25, -0.2) is 9.97 Å². The van der Waals surface area contributed by atoms with Crippen LogP contribution in [0.25, 0.3) is 11.1 Å². The van der Waals surface area contributed by atoms with Gasteiger partial charge in [-0.15, -0.1) is 12.6 Å². The minimum absolute atomic E-state index is 0.120. The molecule has 0 aliphatic carbocycles. The highest BCUT2D eigenvalue weighted by atomic mass is 32.1. The Hall–Kier alpha value is -2.08. The van der Waals surface area contributed by atoms with Crippen molar-refractivity contribution in [3.05, 3.63) is 36.4 Å². The number of thiol groups is 1. The summed E-state index contributed by atoms with van der Waals surface area (Å²) in [6.45, 7) is 0. The average Bonchev–Trinajstić information content (AvgIpc) is 2.46. The van der Waals surface area contributed by atoms with Crippen LogP contribution in [0.2, 0.25) is 0 Å². The zero-order valence-electron chi connectivity index (χ0n) is 11.2. The molecule has 0 amide bonds. The molecule has 0 unspecified atom stereocenters. The van der Waals surface area contributed by atoms with E-state index in [2.05, 4.69) is 22.6 Å². The lowest BCUT2D eigenvalue weighted by Crippen LogP contribution is -2.00. The smallest absolute Gasteiger partial charge is 0.193 e. The first kappa shape index (κ1) is 14.3. The molecule has 1 aromatic carbocycles. The fourth-order valence-corrected chi connectivity index (χ4v) is 1.89. The summed E-state index contributed by atoms with van der Waals surface area (Å²) >= 11 is 3.70. The predicted molar refractivity (Wildman–Crippen MR) is 78.3 cm³/mol. The van der Waals surface area contributed by atoms with Gasteiger partial charge in [0.05, 0.1) is 20.6 Å². The van der Waals surface area contributed by atoms with Crippen LogP contribution in [0.15, 0.2) is 30.6 Å². The second-order valence-electron chi connectivity index (χ2n) is 4.03. The number of methoxy groups -OCH3 is 2. The van der Waals surface area contributed by atoms with Crippen LogP contribution in [-0.2, 0) is 11.2 Å². The van der Waals surface area contributed by atoms with Gasteiger partial charge in [0.1, 0.15) is 5.82 Å². The van der Waals surface area contributed by atoms with Crippen LogP contribution in [0.1, 0.15) is 5.82 Å². The van der Waals surface area contributed by atoms with E-state index in [1.54, 1.807) is 26.6 Å². The van der Waals surface area contributed by atoms with Crippen molar-refractivity contribution in [1.82, 2.24) is 9.97 Å². The highest BCUT2D eigenvalue weighted by Gasteiger charge is 2.07. The number of ether oxygens (including phenoxy) is 2. The molecule has 0 radical (unpaired) electrons. The van der Waals surface area contributed by atoms with Gasteiger partial charge in [0.25, 0.3) is 0 Å². The van der Waals surface area contributed by atoms with Crippen LogP contribution >= 0.6 is 12.6 Å². The third kappa shape index (κ3) is 3.27. The molecule has 0 atom stereocenters. The molecule has 1 heterocycles. The number of nitrogens with zero attached hydrogens (tertiary/aromatic N) is 2. The number of carbonyl (C=O) groups is 1. The Balaban J connectivity index is 2.29. The molecule has 2 rings (SSSR count). The van der Waals surface area contributed by atoms with Crippen LogP contribution in [-0.4, -0.2) is 29.3 Å². The second-order valence-corrected chi connectivity index (χ2v) is 4.53. The first-order valence-electron chi connectivity index (χ1n) is 5.89. The molecule has 0 N–H and O–H groups in total. The molecule has 0 spiro atoms. The Morgan fingerprint density at radius 2 is 1.75 bits per heavy atom. The van der Waals surface area contributed by atoms with Crippen molar-refractivity contribution in [1.29, 1.82) is 0 Å². The monoisotopic (exact) mass is 290 g/mol. The van der Waals surface area contributed by atoms with Gasteiger partial charge in [-0.1, -0.05) is 6.07 Å². The lowest BCUT2D eigenvalue weighted by atomic mass is 10.1. The van der Waals surface area contributed by atoms with Gasteiger partial charge in [-0.2, -0.15) is 0 Å². The number of rotatable bonds is 5. The van der Waals surface area contributed by atoms with Gasteiger partial charge in [0.2, 0.25) is 0 Å². The number of aromatic nitrogens is 2. The first-order chi connectivity index (χ1) is 9.63. The quantitative estimate of drug-likeness (QED) is 0.855. The van der Waals surface area contributed by atoms with E-state index in [0.717, 1.165) is 11.1 Å². The van der Waals surface area contributed by atoms with E-state index >= 15 is 0 Å². The minimum atomic E-state index is -0.260. The normalized spacial score (nSPS) is 10.2. The van der Waals surface area contributed by atoms with Crippen LogP contribution in [0.3, 0.4) is 0 Å². The molecule has 0 saturated carbocycles. The van der Waals surface area contributed by atoms with Gasteiger partial charge in [0.15, 0.2) is 16.6 Å². The van der Waals surface area contributed by atoms with E-state index in [1.807, 2.05) is 18.2 Å². The maximum atomic E-state index is 10.9. The summed E-state index contributed by atoms with van der Waals surface area (Å²) < 4.78 is 10.4. The van der Waals surface area contributed by atoms with Gasteiger partial charge in [-0.05, 0) is 17.7 Å². The number of hydrogen-bond donors (Lipinski definition) is 1. The lowest BCUT2D eigenvalue weighted by molar-refractivity contribution is -0.110. The Labute approximate surface area is 122 Å². The van der Waals surface area contributed by atoms with Crippen LogP contribution < -0.4 is 9.47 Å². The topological polar surface area (TPSA) is 61.3 Å². The molecule has 1 aromatic heterocycles. The number of carbonyl (C=O) groups excluding carboxylic acids is 1. The second kappa shape index (κ2) is 6.38. The summed E-state index contributed by atoms with van der Waals surface area (Å²) in [4.78, 5) is 19.2. The Morgan fingerprint density at radius 3 is 2.30 bits per heavy atom. The largest absolute Gasteiger partial charge is 0.493 e. The van der Waals surface area contributed by atoms with Crippen molar-refractivity contribution in [3.63, 3.8) is 0 Å². The Bertz CT molecular complexity index is 614. The van der Waals surface area contributed by atoms with Crippen molar-refractivity contribution in [2.24, 2.45) is 0 Å². The van der Waals surface area contributed by atoms with Crippen molar-refractivity contribution in [2.45, 2.75) is 6.42 Å². The van der Waals surface area contributed by atoms with Crippen LogP contribution in [0.4, 0.5) is 0 Å². The van der Waals surface area contributed by atoms with Gasteiger partial charge >= 0.3 is 0 Å². The Kier molecular flexibility index (Phi) is 4.57. The van der Waals surface area contributed by atoms with Gasteiger partial charge < -0.3 is 9.47 Å². The molecule has 2 aromatic rings. The fraction of sp³-hybridized carbons (Fsp3) is 0.214. The molecule has 0 bridgehead atoms. The molecule has 0 aliphatic rings. The van der Waals surface area contributed by atoms with E-state index in [4.69, 9.17) is 9.47 Å². The lowest BCUT2D eigenvalue weighted by Gasteiger charge is -2.09. The summed E-state index contributed by atoms with van der Waals surface area (Å²) in [6.07, 6.45) is 3.45. The third-order valence-electron chi connectivity index (χ3n) is 2.73. The highest BCUT2D eigenvalue weighted by molar-refractivity contribution is 7.96. The summed E-state index contributed by atoms with van der Waals surface area (Å²) in [6, 6.07) is 5.56. The third-order valence-corrected chi connectivity index (χ3v) is 2.89.